The van der Waals surface area contributed by atoms with E-state index >= 15 is 0 Å². The van der Waals surface area contributed by atoms with Crippen molar-refractivity contribution in [3.63, 3.8) is 0 Å². The maximum Gasteiger partial charge on any atom is 0.193 e. The standard InChI is InChI=1S/C21H30N6S/c1-22-21(27-8-7-18(16-27)19-14-24-25(2)15-19)23-13-17-3-5-20(6-4-17)26-9-11-28-12-10-26/h3-6,14-15,18H,7-13,16H2,1-2H3,(H,22,23). The molecule has 6 nitrogen and oxygen atoms in total. The van der Waals surface area contributed by atoms with Crippen molar-refractivity contribution in [2.45, 2.75) is 18.9 Å². The van der Waals surface area contributed by atoms with E-state index in [9.17, 15) is 0 Å². The quantitative estimate of drug-likeness (QED) is 0.634. The van der Waals surface area contributed by atoms with Gasteiger partial charge in [0.25, 0.3) is 0 Å². The van der Waals surface area contributed by atoms with Crippen molar-refractivity contribution >= 4 is 23.4 Å². The Hall–Kier alpha value is -2.15. The summed E-state index contributed by atoms with van der Waals surface area (Å²) in [5, 5.41) is 7.86. The highest BCUT2D eigenvalue weighted by molar-refractivity contribution is 7.99. The Labute approximate surface area is 172 Å². The van der Waals surface area contributed by atoms with Crippen LogP contribution in [0.5, 0.6) is 0 Å². The predicted octanol–water partition coefficient (Wildman–Crippen LogP) is 2.54. The van der Waals surface area contributed by atoms with Crippen LogP contribution in [-0.2, 0) is 13.6 Å². The second kappa shape index (κ2) is 8.90. The smallest absolute Gasteiger partial charge is 0.193 e. The summed E-state index contributed by atoms with van der Waals surface area (Å²) in [7, 11) is 3.85. The maximum atomic E-state index is 4.51. The average molecular weight is 399 g/mol. The molecule has 0 amide bonds. The normalized spacial score (nSPS) is 20.6. The Morgan fingerprint density at radius 3 is 2.68 bits per heavy atom. The number of rotatable bonds is 4. The summed E-state index contributed by atoms with van der Waals surface area (Å²) in [6.45, 7) is 5.14. The molecule has 1 aromatic heterocycles. The fraction of sp³-hybridized carbons (Fsp3) is 0.524. The maximum absolute atomic E-state index is 4.51. The van der Waals surface area contributed by atoms with E-state index in [4.69, 9.17) is 0 Å². The lowest BCUT2D eigenvalue weighted by atomic mass is 10.0. The van der Waals surface area contributed by atoms with Crippen molar-refractivity contribution in [2.75, 3.05) is 49.6 Å². The SMILES string of the molecule is CN=C(NCc1ccc(N2CCSCC2)cc1)N1CCC(c2cnn(C)c2)C1. The van der Waals surface area contributed by atoms with Crippen molar-refractivity contribution in [2.24, 2.45) is 12.0 Å². The second-order valence-corrected chi connectivity index (χ2v) is 8.77. The summed E-state index contributed by atoms with van der Waals surface area (Å²) in [4.78, 5) is 9.35. The number of aliphatic imine (C=N–C) groups is 1. The zero-order chi connectivity index (χ0) is 19.3. The third-order valence-electron chi connectivity index (χ3n) is 5.66. The van der Waals surface area contributed by atoms with Gasteiger partial charge < -0.3 is 15.1 Å². The molecule has 0 bridgehead atoms. The Bertz CT molecular complexity index is 793. The Balaban J connectivity index is 1.31. The Morgan fingerprint density at radius 1 is 1.21 bits per heavy atom. The Morgan fingerprint density at radius 2 is 2.00 bits per heavy atom. The molecule has 1 unspecified atom stereocenters. The van der Waals surface area contributed by atoms with Crippen LogP contribution < -0.4 is 10.2 Å². The number of guanidine groups is 1. The zero-order valence-corrected chi connectivity index (χ0v) is 17.7. The van der Waals surface area contributed by atoms with E-state index in [0.717, 1.165) is 45.1 Å². The van der Waals surface area contributed by atoms with Crippen LogP contribution >= 0.6 is 11.8 Å². The summed E-state index contributed by atoms with van der Waals surface area (Å²) in [6, 6.07) is 8.98. The van der Waals surface area contributed by atoms with Gasteiger partial charge >= 0.3 is 0 Å². The first-order valence-electron chi connectivity index (χ1n) is 10.1. The lowest BCUT2D eigenvalue weighted by Gasteiger charge is -2.28. The molecule has 2 aliphatic heterocycles. The van der Waals surface area contributed by atoms with Crippen LogP contribution in [0.4, 0.5) is 5.69 Å². The number of nitrogens with zero attached hydrogens (tertiary/aromatic N) is 5. The van der Waals surface area contributed by atoms with E-state index in [1.165, 1.54) is 28.3 Å². The summed E-state index contributed by atoms with van der Waals surface area (Å²) in [5.41, 5.74) is 3.96. The molecule has 2 saturated heterocycles. The van der Waals surface area contributed by atoms with Gasteiger partial charge in [0.1, 0.15) is 0 Å². The first-order chi connectivity index (χ1) is 13.7. The third-order valence-corrected chi connectivity index (χ3v) is 6.60. The van der Waals surface area contributed by atoms with Crippen LogP contribution in [0.3, 0.4) is 0 Å². The monoisotopic (exact) mass is 398 g/mol. The zero-order valence-electron chi connectivity index (χ0n) is 16.8. The van der Waals surface area contributed by atoms with Gasteiger partial charge in [-0.2, -0.15) is 16.9 Å². The van der Waals surface area contributed by atoms with Gasteiger partial charge in [0.05, 0.1) is 6.20 Å². The van der Waals surface area contributed by atoms with Crippen LogP contribution in [-0.4, -0.2) is 65.4 Å². The largest absolute Gasteiger partial charge is 0.370 e. The fourth-order valence-electron chi connectivity index (χ4n) is 4.04. The highest BCUT2D eigenvalue weighted by atomic mass is 32.2. The van der Waals surface area contributed by atoms with Gasteiger partial charge in [0.2, 0.25) is 0 Å². The number of hydrogen-bond donors (Lipinski definition) is 1. The lowest BCUT2D eigenvalue weighted by molar-refractivity contribution is 0.486. The molecule has 0 spiro atoms. The van der Waals surface area contributed by atoms with E-state index in [-0.39, 0.29) is 0 Å². The van der Waals surface area contributed by atoms with E-state index < -0.39 is 0 Å². The first-order valence-corrected chi connectivity index (χ1v) is 11.2. The number of aryl methyl sites for hydroxylation is 1. The number of likely N-dealkylation sites (tertiary alicyclic amines) is 1. The number of aromatic nitrogens is 2. The molecule has 2 aromatic rings. The van der Waals surface area contributed by atoms with Gasteiger partial charge in [0, 0.05) is 76.1 Å². The topological polar surface area (TPSA) is 48.7 Å². The van der Waals surface area contributed by atoms with Crippen LogP contribution in [0.25, 0.3) is 0 Å². The summed E-state index contributed by atoms with van der Waals surface area (Å²) in [5.74, 6) is 3.99. The number of thioether (sulfide) groups is 1. The minimum Gasteiger partial charge on any atom is -0.370 e. The molecule has 0 aliphatic carbocycles. The molecule has 3 heterocycles. The molecule has 4 rings (SSSR count). The molecule has 150 valence electrons. The highest BCUT2D eigenvalue weighted by Crippen LogP contribution is 2.26. The molecule has 1 aromatic carbocycles. The third kappa shape index (κ3) is 4.46. The van der Waals surface area contributed by atoms with E-state index in [2.05, 4.69) is 55.7 Å². The van der Waals surface area contributed by atoms with Crippen molar-refractivity contribution < 1.29 is 0 Å². The molecule has 7 heteroatoms. The van der Waals surface area contributed by atoms with Crippen molar-refractivity contribution in [1.82, 2.24) is 20.0 Å². The number of benzene rings is 1. The van der Waals surface area contributed by atoms with Gasteiger partial charge in [-0.15, -0.1) is 0 Å². The molecule has 2 fully saturated rings. The lowest BCUT2D eigenvalue weighted by Crippen LogP contribution is -2.39. The molecule has 28 heavy (non-hydrogen) atoms. The fourth-order valence-corrected chi connectivity index (χ4v) is 4.94. The van der Waals surface area contributed by atoms with Gasteiger partial charge in [-0.3, -0.25) is 9.67 Å². The minimum atomic E-state index is 0.536. The van der Waals surface area contributed by atoms with Crippen molar-refractivity contribution in [1.29, 1.82) is 0 Å². The average Bonchev–Trinajstić information content (AvgIpc) is 3.39. The minimum absolute atomic E-state index is 0.536. The van der Waals surface area contributed by atoms with E-state index in [0.29, 0.717) is 5.92 Å². The second-order valence-electron chi connectivity index (χ2n) is 7.55. The predicted molar refractivity (Wildman–Crippen MR) is 118 cm³/mol. The molecular formula is C21H30N6S. The first kappa shape index (κ1) is 19.2. The van der Waals surface area contributed by atoms with Gasteiger partial charge in [-0.1, -0.05) is 12.1 Å². The number of hydrogen-bond acceptors (Lipinski definition) is 4. The molecule has 0 saturated carbocycles. The van der Waals surface area contributed by atoms with Crippen molar-refractivity contribution in [3.05, 3.63) is 47.8 Å². The van der Waals surface area contributed by atoms with Crippen molar-refractivity contribution in [3.8, 4) is 0 Å². The van der Waals surface area contributed by atoms with Gasteiger partial charge in [0.15, 0.2) is 5.96 Å². The van der Waals surface area contributed by atoms with Gasteiger partial charge in [-0.05, 0) is 29.7 Å². The summed E-state index contributed by atoms with van der Waals surface area (Å²) < 4.78 is 1.89. The molecule has 2 aliphatic rings. The van der Waals surface area contributed by atoms with Crippen LogP contribution in [0.15, 0.2) is 41.7 Å². The molecule has 0 radical (unpaired) electrons. The van der Waals surface area contributed by atoms with Crippen LogP contribution in [0.1, 0.15) is 23.5 Å². The van der Waals surface area contributed by atoms with Crippen LogP contribution in [0, 0.1) is 0 Å². The van der Waals surface area contributed by atoms with Gasteiger partial charge in [-0.25, -0.2) is 0 Å². The number of nitrogens with one attached hydrogen (secondary N) is 1. The highest BCUT2D eigenvalue weighted by Gasteiger charge is 2.26. The molecular weight excluding hydrogens is 368 g/mol. The number of anilines is 1. The summed E-state index contributed by atoms with van der Waals surface area (Å²) in [6.07, 6.45) is 5.27. The summed E-state index contributed by atoms with van der Waals surface area (Å²) >= 11 is 2.05. The molecule has 1 atom stereocenters. The van der Waals surface area contributed by atoms with E-state index in [1.54, 1.807) is 0 Å². The van der Waals surface area contributed by atoms with Crippen LogP contribution in [0.2, 0.25) is 0 Å². The Kier molecular flexibility index (Phi) is 6.10. The molecule has 1 N–H and O–H groups in total. The van der Waals surface area contributed by atoms with E-state index in [1.807, 2.05) is 36.7 Å².